The van der Waals surface area contributed by atoms with E-state index in [1.165, 1.54) is 6.92 Å². The average molecular weight is 146 g/mol. The van der Waals surface area contributed by atoms with Gasteiger partial charge in [0.15, 0.2) is 0 Å². The van der Waals surface area contributed by atoms with Crippen LogP contribution in [0.4, 0.5) is 9.18 Å². The summed E-state index contributed by atoms with van der Waals surface area (Å²) < 4.78 is 12.4. The van der Waals surface area contributed by atoms with Gasteiger partial charge in [-0.3, -0.25) is 10.1 Å². The van der Waals surface area contributed by atoms with Crippen LogP contribution in [0.25, 0.3) is 0 Å². The highest BCUT2D eigenvalue weighted by Gasteiger charge is 2.33. The summed E-state index contributed by atoms with van der Waals surface area (Å²) in [5.74, 6) is -0.597. The van der Waals surface area contributed by atoms with E-state index in [1.807, 2.05) is 5.32 Å². The van der Waals surface area contributed by atoms with Gasteiger partial charge < -0.3 is 5.32 Å². The van der Waals surface area contributed by atoms with Crippen molar-refractivity contribution >= 4 is 11.9 Å². The molecule has 2 atom stereocenters. The van der Waals surface area contributed by atoms with Crippen LogP contribution in [0.3, 0.4) is 0 Å². The number of hydrogen-bond donors (Lipinski definition) is 2. The number of urea groups is 1. The van der Waals surface area contributed by atoms with E-state index in [0.717, 1.165) is 0 Å². The lowest BCUT2D eigenvalue weighted by Gasteiger charge is -2.05. The van der Waals surface area contributed by atoms with Gasteiger partial charge in [-0.2, -0.15) is 0 Å². The van der Waals surface area contributed by atoms with Crippen LogP contribution in [0, 0.1) is 0 Å². The van der Waals surface area contributed by atoms with Gasteiger partial charge in [-0.25, -0.2) is 9.18 Å². The Kier molecular flexibility index (Phi) is 1.57. The fraction of sp³-hybridized carbons (Fsp3) is 0.600. The molecule has 4 nitrogen and oxygen atoms in total. The Bertz CT molecular complexity index is 180. The molecule has 56 valence electrons. The van der Waals surface area contributed by atoms with Crippen LogP contribution in [0.2, 0.25) is 0 Å². The van der Waals surface area contributed by atoms with Crippen LogP contribution in [0.5, 0.6) is 0 Å². The summed E-state index contributed by atoms with van der Waals surface area (Å²) in [6, 6.07) is -1.63. The van der Waals surface area contributed by atoms with Gasteiger partial charge in [0.05, 0.1) is 0 Å². The van der Waals surface area contributed by atoms with Gasteiger partial charge in [-0.1, -0.05) is 0 Å². The highest BCUT2D eigenvalue weighted by Crippen LogP contribution is 2.01. The first kappa shape index (κ1) is 6.98. The Labute approximate surface area is 56.8 Å². The van der Waals surface area contributed by atoms with E-state index in [-0.39, 0.29) is 0 Å². The summed E-state index contributed by atoms with van der Waals surface area (Å²) in [5.41, 5.74) is 0. The third-order valence-electron chi connectivity index (χ3n) is 1.27. The molecule has 2 N–H and O–H groups in total. The summed E-state index contributed by atoms with van der Waals surface area (Å²) in [4.78, 5) is 21.0. The molecular formula is C5H7FN2O2. The number of amides is 3. The van der Waals surface area contributed by atoms with Crippen molar-refractivity contribution in [3.63, 3.8) is 0 Å². The molecule has 0 radical (unpaired) electrons. The Morgan fingerprint density at radius 3 is 2.40 bits per heavy atom. The molecule has 1 heterocycles. The normalized spacial score (nSPS) is 27.6. The topological polar surface area (TPSA) is 58.2 Å². The smallest absolute Gasteiger partial charge is 0.322 e. The van der Waals surface area contributed by atoms with Gasteiger partial charge in [0, 0.05) is 0 Å². The van der Waals surface area contributed by atoms with Gasteiger partial charge in [-0.05, 0) is 6.92 Å². The van der Waals surface area contributed by atoms with Crippen LogP contribution in [0.15, 0.2) is 0 Å². The molecule has 0 aliphatic carbocycles. The van der Waals surface area contributed by atoms with Gasteiger partial charge >= 0.3 is 6.03 Å². The lowest BCUT2D eigenvalue weighted by molar-refractivity contribution is -0.121. The number of carbonyl (C=O) groups is 2. The van der Waals surface area contributed by atoms with Crippen LogP contribution >= 0.6 is 0 Å². The van der Waals surface area contributed by atoms with Crippen molar-refractivity contribution in [3.05, 3.63) is 0 Å². The Morgan fingerprint density at radius 1 is 1.60 bits per heavy atom. The first-order valence-corrected chi connectivity index (χ1v) is 2.86. The Hall–Kier alpha value is -1.13. The zero-order chi connectivity index (χ0) is 7.72. The molecule has 0 aromatic rings. The van der Waals surface area contributed by atoms with Gasteiger partial charge in [0.2, 0.25) is 0 Å². The van der Waals surface area contributed by atoms with Crippen molar-refractivity contribution in [2.24, 2.45) is 0 Å². The van der Waals surface area contributed by atoms with E-state index in [1.54, 1.807) is 0 Å². The molecule has 0 aromatic heterocycles. The van der Waals surface area contributed by atoms with E-state index in [9.17, 15) is 14.0 Å². The lowest BCUT2D eigenvalue weighted by Crippen LogP contribution is -2.36. The number of carbonyl (C=O) groups excluding carboxylic acids is 2. The molecular weight excluding hydrogens is 139 g/mol. The summed E-state index contributed by atoms with van der Waals surface area (Å²) in [6.45, 7) is 1.22. The standard InChI is InChI=1S/C5H7FN2O2/c1-2(6)3-4(9)8-5(10)7-3/h2-3H,1H3,(H2,7,8,9,10). The van der Waals surface area contributed by atoms with E-state index < -0.39 is 24.2 Å². The summed E-state index contributed by atoms with van der Waals surface area (Å²) in [7, 11) is 0. The molecule has 1 aliphatic heterocycles. The second-order valence-corrected chi connectivity index (χ2v) is 2.12. The number of nitrogens with one attached hydrogen (secondary N) is 2. The molecule has 0 spiro atoms. The predicted molar refractivity (Wildman–Crippen MR) is 31.0 cm³/mol. The van der Waals surface area contributed by atoms with E-state index in [4.69, 9.17) is 0 Å². The largest absolute Gasteiger partial charge is 0.323 e. The van der Waals surface area contributed by atoms with Gasteiger partial charge in [0.1, 0.15) is 12.2 Å². The minimum Gasteiger partial charge on any atom is -0.323 e. The van der Waals surface area contributed by atoms with Crippen LogP contribution in [-0.2, 0) is 4.79 Å². The predicted octanol–water partition coefficient (Wildman–Crippen LogP) is -0.448. The van der Waals surface area contributed by atoms with Crippen molar-refractivity contribution in [1.82, 2.24) is 10.6 Å². The second-order valence-electron chi connectivity index (χ2n) is 2.12. The fourth-order valence-corrected chi connectivity index (χ4v) is 0.756. The molecule has 0 bridgehead atoms. The minimum absolute atomic E-state index is 0.597. The highest BCUT2D eigenvalue weighted by atomic mass is 19.1. The second kappa shape index (κ2) is 2.24. The molecule has 1 saturated heterocycles. The number of rotatable bonds is 1. The molecule has 1 aliphatic rings. The monoisotopic (exact) mass is 146 g/mol. The summed E-state index contributed by atoms with van der Waals surface area (Å²) in [5, 5.41) is 4.05. The first-order chi connectivity index (χ1) is 4.61. The SMILES string of the molecule is CC(F)C1NC(=O)NC1=O. The average Bonchev–Trinajstić information content (AvgIpc) is 2.10. The van der Waals surface area contributed by atoms with E-state index in [2.05, 4.69) is 5.32 Å². The number of imide groups is 1. The molecule has 3 amide bonds. The quantitative estimate of drug-likeness (QED) is 0.492. The van der Waals surface area contributed by atoms with Gasteiger partial charge in [0.25, 0.3) is 5.91 Å². The minimum atomic E-state index is -1.34. The van der Waals surface area contributed by atoms with Crippen molar-refractivity contribution < 1.29 is 14.0 Å². The van der Waals surface area contributed by atoms with Crippen LogP contribution in [-0.4, -0.2) is 24.2 Å². The van der Waals surface area contributed by atoms with E-state index in [0.29, 0.717) is 0 Å². The highest BCUT2D eigenvalue weighted by molar-refractivity contribution is 6.04. The van der Waals surface area contributed by atoms with Crippen molar-refractivity contribution in [1.29, 1.82) is 0 Å². The van der Waals surface area contributed by atoms with Crippen LogP contribution < -0.4 is 10.6 Å². The molecule has 0 aromatic carbocycles. The molecule has 0 saturated carbocycles. The van der Waals surface area contributed by atoms with Gasteiger partial charge in [-0.15, -0.1) is 0 Å². The number of halogens is 1. The molecule has 1 fully saturated rings. The number of hydrogen-bond acceptors (Lipinski definition) is 2. The molecule has 10 heavy (non-hydrogen) atoms. The Morgan fingerprint density at radius 2 is 2.20 bits per heavy atom. The third kappa shape index (κ3) is 1.07. The third-order valence-corrected chi connectivity index (χ3v) is 1.27. The fourth-order valence-electron chi connectivity index (χ4n) is 0.756. The maximum absolute atomic E-state index is 12.4. The first-order valence-electron chi connectivity index (χ1n) is 2.86. The number of alkyl halides is 1. The van der Waals surface area contributed by atoms with Crippen molar-refractivity contribution in [2.45, 2.75) is 19.1 Å². The molecule has 1 rings (SSSR count). The Balaban J connectivity index is 2.63. The maximum Gasteiger partial charge on any atom is 0.322 e. The summed E-state index contributed by atoms with van der Waals surface area (Å²) in [6.07, 6.45) is -1.34. The zero-order valence-corrected chi connectivity index (χ0v) is 5.35. The lowest BCUT2D eigenvalue weighted by atomic mass is 10.2. The van der Waals surface area contributed by atoms with E-state index >= 15 is 0 Å². The van der Waals surface area contributed by atoms with Crippen LogP contribution in [0.1, 0.15) is 6.92 Å². The maximum atomic E-state index is 12.4. The van der Waals surface area contributed by atoms with Crippen molar-refractivity contribution in [2.75, 3.05) is 0 Å². The molecule has 2 unspecified atom stereocenters. The molecule has 5 heteroatoms. The van der Waals surface area contributed by atoms with Crippen molar-refractivity contribution in [3.8, 4) is 0 Å². The zero-order valence-electron chi connectivity index (χ0n) is 5.35. The summed E-state index contributed by atoms with van der Waals surface area (Å²) >= 11 is 0.